The molecule has 1 aliphatic rings. The van der Waals surface area contributed by atoms with E-state index in [0.717, 1.165) is 6.41 Å². The van der Waals surface area contributed by atoms with Crippen molar-refractivity contribution in [2.24, 2.45) is 0 Å². The fourth-order valence-electron chi connectivity index (χ4n) is 1.45. The number of rotatable bonds is 3. The highest BCUT2D eigenvalue weighted by molar-refractivity contribution is 5.78. The fraction of sp³-hybridized carbons (Fsp3) is 0.778. The third kappa shape index (κ3) is 2.99. The molecule has 80 valence electrons. The van der Waals surface area contributed by atoms with E-state index in [1.807, 2.05) is 19.0 Å². The first-order valence-electron chi connectivity index (χ1n) is 4.75. The SMILES string of the molecule is CN(C)CC(=O)N1CCN(C=O)CC1. The highest BCUT2D eigenvalue weighted by Crippen LogP contribution is 2.00. The van der Waals surface area contributed by atoms with Crippen LogP contribution in [0.4, 0.5) is 0 Å². The second kappa shape index (κ2) is 4.95. The Kier molecular flexibility index (Phi) is 3.88. The average molecular weight is 199 g/mol. The highest BCUT2D eigenvalue weighted by Gasteiger charge is 2.19. The zero-order valence-electron chi connectivity index (χ0n) is 8.77. The van der Waals surface area contributed by atoms with Gasteiger partial charge in [-0.1, -0.05) is 0 Å². The molecule has 1 saturated heterocycles. The predicted molar refractivity (Wildman–Crippen MR) is 52.8 cm³/mol. The van der Waals surface area contributed by atoms with Crippen LogP contribution in [0.2, 0.25) is 0 Å². The summed E-state index contributed by atoms with van der Waals surface area (Å²) in [7, 11) is 3.75. The summed E-state index contributed by atoms with van der Waals surface area (Å²) in [5, 5.41) is 0. The van der Waals surface area contributed by atoms with Gasteiger partial charge in [0, 0.05) is 26.2 Å². The molecule has 0 aliphatic carbocycles. The van der Waals surface area contributed by atoms with Crippen molar-refractivity contribution in [3.63, 3.8) is 0 Å². The molecule has 0 unspecified atom stereocenters. The number of likely N-dealkylation sites (N-methyl/N-ethyl adjacent to an activating group) is 1. The van der Waals surface area contributed by atoms with Crippen molar-refractivity contribution >= 4 is 12.3 Å². The summed E-state index contributed by atoms with van der Waals surface area (Å²) in [6.45, 7) is 3.07. The van der Waals surface area contributed by atoms with Gasteiger partial charge < -0.3 is 14.7 Å². The topological polar surface area (TPSA) is 43.9 Å². The molecule has 1 heterocycles. The van der Waals surface area contributed by atoms with Crippen LogP contribution >= 0.6 is 0 Å². The van der Waals surface area contributed by atoms with Crippen LogP contribution in [0.3, 0.4) is 0 Å². The Morgan fingerprint density at radius 2 is 1.86 bits per heavy atom. The van der Waals surface area contributed by atoms with Crippen molar-refractivity contribution in [2.45, 2.75) is 0 Å². The van der Waals surface area contributed by atoms with E-state index in [-0.39, 0.29) is 5.91 Å². The lowest BCUT2D eigenvalue weighted by Gasteiger charge is -2.33. The summed E-state index contributed by atoms with van der Waals surface area (Å²) in [4.78, 5) is 27.4. The maximum Gasteiger partial charge on any atom is 0.236 e. The van der Waals surface area contributed by atoms with Crippen molar-refractivity contribution in [2.75, 3.05) is 46.8 Å². The zero-order chi connectivity index (χ0) is 10.6. The molecule has 14 heavy (non-hydrogen) atoms. The summed E-state index contributed by atoms with van der Waals surface area (Å²) in [6, 6.07) is 0. The molecule has 0 N–H and O–H groups in total. The summed E-state index contributed by atoms with van der Waals surface area (Å²) >= 11 is 0. The first kappa shape index (κ1) is 11.0. The van der Waals surface area contributed by atoms with Crippen molar-refractivity contribution in [3.8, 4) is 0 Å². The summed E-state index contributed by atoms with van der Waals surface area (Å²) in [6.07, 6.45) is 0.841. The molecule has 5 nitrogen and oxygen atoms in total. The number of carbonyl (C=O) groups is 2. The average Bonchev–Trinajstić information content (AvgIpc) is 2.17. The van der Waals surface area contributed by atoms with Gasteiger partial charge in [-0.3, -0.25) is 9.59 Å². The van der Waals surface area contributed by atoms with Crippen LogP contribution in [0.5, 0.6) is 0 Å². The van der Waals surface area contributed by atoms with Gasteiger partial charge in [0.25, 0.3) is 0 Å². The number of hydrogen-bond donors (Lipinski definition) is 0. The van der Waals surface area contributed by atoms with Gasteiger partial charge in [-0.25, -0.2) is 0 Å². The number of nitrogens with zero attached hydrogens (tertiary/aromatic N) is 3. The largest absolute Gasteiger partial charge is 0.342 e. The van der Waals surface area contributed by atoms with Crippen molar-refractivity contribution < 1.29 is 9.59 Å². The van der Waals surface area contributed by atoms with Crippen LogP contribution in [0.15, 0.2) is 0 Å². The van der Waals surface area contributed by atoms with Crippen molar-refractivity contribution in [1.29, 1.82) is 0 Å². The van der Waals surface area contributed by atoms with Crippen LogP contribution in [0.1, 0.15) is 0 Å². The normalized spacial score (nSPS) is 17.4. The molecule has 1 rings (SSSR count). The van der Waals surface area contributed by atoms with Gasteiger partial charge in [-0.15, -0.1) is 0 Å². The van der Waals surface area contributed by atoms with Gasteiger partial charge in [0.15, 0.2) is 0 Å². The Labute approximate surface area is 84.3 Å². The van der Waals surface area contributed by atoms with E-state index in [9.17, 15) is 9.59 Å². The molecule has 1 fully saturated rings. The van der Waals surface area contributed by atoms with Gasteiger partial charge in [-0.05, 0) is 14.1 Å². The first-order valence-corrected chi connectivity index (χ1v) is 4.75. The van der Waals surface area contributed by atoms with Gasteiger partial charge >= 0.3 is 0 Å². The fourth-order valence-corrected chi connectivity index (χ4v) is 1.45. The second-order valence-corrected chi connectivity index (χ2v) is 3.76. The minimum absolute atomic E-state index is 0.139. The third-order valence-electron chi connectivity index (χ3n) is 2.27. The summed E-state index contributed by atoms with van der Waals surface area (Å²) in [5.74, 6) is 0.139. The van der Waals surface area contributed by atoms with E-state index in [4.69, 9.17) is 0 Å². The van der Waals surface area contributed by atoms with Gasteiger partial charge in [0.2, 0.25) is 12.3 Å². The molecule has 0 aromatic rings. The smallest absolute Gasteiger partial charge is 0.236 e. The third-order valence-corrected chi connectivity index (χ3v) is 2.27. The van der Waals surface area contributed by atoms with Crippen LogP contribution in [-0.4, -0.2) is 73.8 Å². The lowest BCUT2D eigenvalue weighted by molar-refractivity contribution is -0.135. The lowest BCUT2D eigenvalue weighted by Crippen LogP contribution is -2.50. The van der Waals surface area contributed by atoms with Crippen LogP contribution in [-0.2, 0) is 9.59 Å². The lowest BCUT2D eigenvalue weighted by atomic mass is 10.3. The zero-order valence-corrected chi connectivity index (χ0v) is 8.77. The highest BCUT2D eigenvalue weighted by atomic mass is 16.2. The van der Waals surface area contributed by atoms with E-state index in [0.29, 0.717) is 32.7 Å². The Hall–Kier alpha value is -1.10. The first-order chi connectivity index (χ1) is 6.63. The van der Waals surface area contributed by atoms with Crippen molar-refractivity contribution in [1.82, 2.24) is 14.7 Å². The van der Waals surface area contributed by atoms with E-state index in [1.54, 1.807) is 9.80 Å². The molecule has 0 spiro atoms. The van der Waals surface area contributed by atoms with E-state index < -0.39 is 0 Å². The van der Waals surface area contributed by atoms with Crippen LogP contribution < -0.4 is 0 Å². The molecule has 0 saturated carbocycles. The van der Waals surface area contributed by atoms with Crippen LogP contribution in [0, 0.1) is 0 Å². The molecule has 0 aromatic carbocycles. The molecular formula is C9H17N3O2. The molecule has 0 aromatic heterocycles. The number of piperazine rings is 1. The second-order valence-electron chi connectivity index (χ2n) is 3.76. The van der Waals surface area contributed by atoms with Gasteiger partial charge in [0.1, 0.15) is 0 Å². The Morgan fingerprint density at radius 3 is 2.29 bits per heavy atom. The quantitative estimate of drug-likeness (QED) is 0.539. The number of hydrogen-bond acceptors (Lipinski definition) is 3. The molecule has 0 atom stereocenters. The minimum atomic E-state index is 0.139. The Morgan fingerprint density at radius 1 is 1.29 bits per heavy atom. The number of carbonyl (C=O) groups excluding carboxylic acids is 2. The van der Waals surface area contributed by atoms with E-state index >= 15 is 0 Å². The van der Waals surface area contributed by atoms with Crippen LogP contribution in [0.25, 0.3) is 0 Å². The van der Waals surface area contributed by atoms with Gasteiger partial charge in [-0.2, -0.15) is 0 Å². The molecular weight excluding hydrogens is 182 g/mol. The summed E-state index contributed by atoms with van der Waals surface area (Å²) in [5.41, 5.74) is 0. The van der Waals surface area contributed by atoms with Gasteiger partial charge in [0.05, 0.1) is 6.54 Å². The molecule has 0 bridgehead atoms. The maximum absolute atomic E-state index is 11.6. The molecule has 2 amide bonds. The monoisotopic (exact) mass is 199 g/mol. The molecule has 1 aliphatic heterocycles. The Bertz CT molecular complexity index is 210. The predicted octanol–water partition coefficient (Wildman–Crippen LogP) is -1.15. The maximum atomic E-state index is 11.6. The molecule has 0 radical (unpaired) electrons. The minimum Gasteiger partial charge on any atom is -0.342 e. The Balaban J connectivity index is 2.34. The van der Waals surface area contributed by atoms with Crippen molar-refractivity contribution in [3.05, 3.63) is 0 Å². The number of amides is 2. The molecule has 5 heteroatoms. The van der Waals surface area contributed by atoms with E-state index in [1.165, 1.54) is 0 Å². The summed E-state index contributed by atoms with van der Waals surface area (Å²) < 4.78 is 0. The van der Waals surface area contributed by atoms with E-state index in [2.05, 4.69) is 0 Å². The standard InChI is InChI=1S/C9H17N3O2/c1-10(2)7-9(14)12-5-3-11(8-13)4-6-12/h8H,3-7H2,1-2H3.